The van der Waals surface area contributed by atoms with E-state index in [2.05, 4.69) is 26.4 Å². The predicted molar refractivity (Wildman–Crippen MR) is 111 cm³/mol. The summed E-state index contributed by atoms with van der Waals surface area (Å²) in [6.07, 6.45) is 0. The van der Waals surface area contributed by atoms with Crippen LogP contribution < -0.4 is 10.1 Å². The summed E-state index contributed by atoms with van der Waals surface area (Å²) in [6, 6.07) is 15.7. The van der Waals surface area contributed by atoms with Gasteiger partial charge in [0.25, 0.3) is 0 Å². The third-order valence-corrected chi connectivity index (χ3v) is 5.01. The molecule has 8 heteroatoms. The van der Waals surface area contributed by atoms with Gasteiger partial charge < -0.3 is 14.6 Å². The summed E-state index contributed by atoms with van der Waals surface area (Å²) in [4.78, 5) is 6.90. The monoisotopic (exact) mass is 420 g/mol. The number of methoxy groups -OCH3 is 1. The average molecular weight is 421 g/mol. The molecule has 1 N–H and O–H groups in total. The highest BCUT2D eigenvalue weighted by molar-refractivity contribution is 6.30. The topological polar surface area (TPSA) is 63.4 Å². The second-order valence-electron chi connectivity index (χ2n) is 6.45. The highest BCUT2D eigenvalue weighted by Crippen LogP contribution is 2.31. The van der Waals surface area contributed by atoms with Gasteiger partial charge in [-0.05, 0) is 30.3 Å². The summed E-state index contributed by atoms with van der Waals surface area (Å²) >= 11 is 5.95. The number of hydrogen-bond donors (Lipinski definition) is 1. The van der Waals surface area contributed by atoms with E-state index in [1.807, 2.05) is 42.5 Å². The fraction of sp³-hybridized carbons (Fsp3) is 0.300. The maximum absolute atomic E-state index is 5.95. The Labute approximate surface area is 175 Å². The first kappa shape index (κ1) is 20.6. The van der Waals surface area contributed by atoms with Gasteiger partial charge in [0, 0.05) is 35.8 Å². The van der Waals surface area contributed by atoms with Crippen LogP contribution in [-0.4, -0.2) is 41.8 Å². The number of nitrogens with zero attached hydrogens (tertiary/aromatic N) is 3. The molecule has 0 spiro atoms. The molecule has 3 aromatic rings. The summed E-state index contributed by atoms with van der Waals surface area (Å²) in [6.45, 7) is 3.24. The summed E-state index contributed by atoms with van der Waals surface area (Å²) in [5.41, 5.74) is 2.04. The van der Waals surface area contributed by atoms with E-state index in [0.717, 1.165) is 36.5 Å². The lowest BCUT2D eigenvalue weighted by atomic mass is 10.0. The van der Waals surface area contributed by atoms with Crippen LogP contribution in [0.15, 0.2) is 53.1 Å². The lowest BCUT2D eigenvalue weighted by Crippen LogP contribution is -2.45. The Balaban J connectivity index is 0.00000225. The second kappa shape index (κ2) is 9.39. The van der Waals surface area contributed by atoms with Crippen molar-refractivity contribution in [3.05, 3.63) is 65.0 Å². The van der Waals surface area contributed by atoms with Gasteiger partial charge in [0.05, 0.1) is 19.7 Å². The molecular formula is C20H22Cl2N4O2. The van der Waals surface area contributed by atoms with Gasteiger partial charge in [0.15, 0.2) is 0 Å². The van der Waals surface area contributed by atoms with Crippen LogP contribution in [0.1, 0.15) is 17.5 Å². The molecule has 148 valence electrons. The Kier molecular flexibility index (Phi) is 6.91. The number of halogens is 2. The minimum Gasteiger partial charge on any atom is -0.496 e. The SMILES string of the molecule is COc1ccccc1C1CNCCN1Cc1nc(-c2ccc(Cl)cc2)no1.Cl. The van der Waals surface area contributed by atoms with Crippen LogP contribution in [0.2, 0.25) is 5.02 Å². The molecule has 1 unspecified atom stereocenters. The molecule has 0 radical (unpaired) electrons. The normalized spacial score (nSPS) is 17.1. The number of para-hydroxylation sites is 1. The van der Waals surface area contributed by atoms with Crippen LogP contribution in [0.25, 0.3) is 11.4 Å². The lowest BCUT2D eigenvalue weighted by Gasteiger charge is -2.36. The number of ether oxygens (including phenoxy) is 1. The van der Waals surface area contributed by atoms with Gasteiger partial charge in [-0.2, -0.15) is 4.98 Å². The first-order valence-corrected chi connectivity index (χ1v) is 9.28. The van der Waals surface area contributed by atoms with Gasteiger partial charge in [-0.15, -0.1) is 12.4 Å². The van der Waals surface area contributed by atoms with Crippen molar-refractivity contribution in [1.29, 1.82) is 0 Å². The lowest BCUT2D eigenvalue weighted by molar-refractivity contribution is 0.133. The molecule has 4 rings (SSSR count). The molecule has 1 saturated heterocycles. The van der Waals surface area contributed by atoms with Crippen molar-refractivity contribution >= 4 is 24.0 Å². The maximum atomic E-state index is 5.95. The van der Waals surface area contributed by atoms with Gasteiger partial charge in [-0.3, -0.25) is 4.90 Å². The quantitative estimate of drug-likeness (QED) is 0.673. The predicted octanol–water partition coefficient (Wildman–Crippen LogP) is 3.97. The van der Waals surface area contributed by atoms with Gasteiger partial charge >= 0.3 is 0 Å². The van der Waals surface area contributed by atoms with Crippen molar-refractivity contribution < 1.29 is 9.26 Å². The van der Waals surface area contributed by atoms with E-state index in [9.17, 15) is 0 Å². The van der Waals surface area contributed by atoms with Crippen molar-refractivity contribution in [2.75, 3.05) is 26.7 Å². The number of rotatable bonds is 5. The molecule has 0 aliphatic carbocycles. The first-order chi connectivity index (χ1) is 13.2. The summed E-state index contributed by atoms with van der Waals surface area (Å²) in [5, 5.41) is 8.26. The van der Waals surface area contributed by atoms with Crippen molar-refractivity contribution in [1.82, 2.24) is 20.4 Å². The highest BCUT2D eigenvalue weighted by Gasteiger charge is 2.27. The fourth-order valence-corrected chi connectivity index (χ4v) is 3.52. The minimum atomic E-state index is 0. The molecular weight excluding hydrogens is 399 g/mol. The van der Waals surface area contributed by atoms with Gasteiger partial charge in [0.1, 0.15) is 5.75 Å². The molecule has 1 atom stereocenters. The number of piperazine rings is 1. The smallest absolute Gasteiger partial charge is 0.241 e. The van der Waals surface area contributed by atoms with E-state index < -0.39 is 0 Å². The van der Waals surface area contributed by atoms with E-state index in [1.54, 1.807) is 7.11 Å². The molecule has 2 heterocycles. The first-order valence-electron chi connectivity index (χ1n) is 8.91. The standard InChI is InChI=1S/C20H21ClN4O2.ClH/c1-26-18-5-3-2-4-16(18)17-12-22-10-11-25(17)13-19-23-20(24-27-19)14-6-8-15(21)9-7-14;/h2-9,17,22H,10-13H2,1H3;1H. The van der Waals surface area contributed by atoms with E-state index in [-0.39, 0.29) is 18.4 Å². The molecule has 6 nitrogen and oxygen atoms in total. The molecule has 0 saturated carbocycles. The Hall–Kier alpha value is -2.12. The maximum Gasteiger partial charge on any atom is 0.241 e. The number of benzene rings is 2. The Morgan fingerprint density at radius 2 is 2.00 bits per heavy atom. The fourth-order valence-electron chi connectivity index (χ4n) is 3.39. The van der Waals surface area contributed by atoms with Crippen LogP contribution in [0, 0.1) is 0 Å². The van der Waals surface area contributed by atoms with E-state index in [1.165, 1.54) is 0 Å². The highest BCUT2D eigenvalue weighted by atomic mass is 35.5. The largest absolute Gasteiger partial charge is 0.496 e. The Morgan fingerprint density at radius 1 is 1.21 bits per heavy atom. The third kappa shape index (κ3) is 4.47. The zero-order valence-corrected chi connectivity index (χ0v) is 17.0. The van der Waals surface area contributed by atoms with E-state index >= 15 is 0 Å². The second-order valence-corrected chi connectivity index (χ2v) is 6.89. The van der Waals surface area contributed by atoms with Gasteiger partial charge in [-0.1, -0.05) is 35.0 Å². The molecule has 0 amide bonds. The van der Waals surface area contributed by atoms with E-state index in [0.29, 0.717) is 23.3 Å². The number of hydrogen-bond acceptors (Lipinski definition) is 6. The molecule has 1 aliphatic heterocycles. The van der Waals surface area contributed by atoms with Crippen LogP contribution >= 0.6 is 24.0 Å². The molecule has 1 aromatic heterocycles. The third-order valence-electron chi connectivity index (χ3n) is 4.76. The zero-order chi connectivity index (χ0) is 18.6. The average Bonchev–Trinajstić information content (AvgIpc) is 3.17. The van der Waals surface area contributed by atoms with Crippen molar-refractivity contribution in [2.24, 2.45) is 0 Å². The van der Waals surface area contributed by atoms with Crippen LogP contribution in [0.4, 0.5) is 0 Å². The van der Waals surface area contributed by atoms with Crippen molar-refractivity contribution in [3.63, 3.8) is 0 Å². The molecule has 1 fully saturated rings. The van der Waals surface area contributed by atoms with Crippen LogP contribution in [0.3, 0.4) is 0 Å². The number of aromatic nitrogens is 2. The van der Waals surface area contributed by atoms with Gasteiger partial charge in [0.2, 0.25) is 11.7 Å². The van der Waals surface area contributed by atoms with Gasteiger partial charge in [-0.25, -0.2) is 0 Å². The minimum absolute atomic E-state index is 0. The van der Waals surface area contributed by atoms with Crippen LogP contribution in [0.5, 0.6) is 5.75 Å². The molecule has 28 heavy (non-hydrogen) atoms. The number of nitrogens with one attached hydrogen (secondary N) is 1. The summed E-state index contributed by atoms with van der Waals surface area (Å²) < 4.78 is 11.1. The van der Waals surface area contributed by atoms with Crippen molar-refractivity contribution in [3.8, 4) is 17.1 Å². The Bertz CT molecular complexity index is 901. The molecule has 1 aliphatic rings. The summed E-state index contributed by atoms with van der Waals surface area (Å²) in [5.74, 6) is 2.07. The van der Waals surface area contributed by atoms with E-state index in [4.69, 9.17) is 20.9 Å². The Morgan fingerprint density at radius 3 is 2.79 bits per heavy atom. The summed E-state index contributed by atoms with van der Waals surface area (Å²) in [7, 11) is 1.70. The molecule has 2 aromatic carbocycles. The van der Waals surface area contributed by atoms with Crippen molar-refractivity contribution in [2.45, 2.75) is 12.6 Å². The zero-order valence-electron chi connectivity index (χ0n) is 15.5. The molecule has 0 bridgehead atoms. The van der Waals surface area contributed by atoms with Crippen LogP contribution in [-0.2, 0) is 6.54 Å².